The van der Waals surface area contributed by atoms with E-state index < -0.39 is 5.97 Å². The Labute approximate surface area is 142 Å². The molecule has 0 radical (unpaired) electrons. The normalized spacial score (nSPS) is 11.8. The summed E-state index contributed by atoms with van der Waals surface area (Å²) in [6.45, 7) is 1.91. The fourth-order valence-electron chi connectivity index (χ4n) is 2.27. The number of carbonyl (C=O) groups is 2. The van der Waals surface area contributed by atoms with E-state index in [1.54, 1.807) is 24.3 Å². The Kier molecular flexibility index (Phi) is 5.66. The molecule has 2 aromatic rings. The largest absolute Gasteiger partial charge is 0.465 e. The molecule has 3 nitrogen and oxygen atoms in total. The van der Waals surface area contributed by atoms with Gasteiger partial charge in [0.15, 0.2) is 5.78 Å². The Morgan fingerprint density at radius 3 is 2.43 bits per heavy atom. The van der Waals surface area contributed by atoms with Crippen LogP contribution >= 0.6 is 15.9 Å². The number of rotatable bonds is 5. The van der Waals surface area contributed by atoms with E-state index in [1.165, 1.54) is 25.3 Å². The lowest BCUT2D eigenvalue weighted by Crippen LogP contribution is -2.08. The number of halogens is 2. The van der Waals surface area contributed by atoms with Crippen LogP contribution < -0.4 is 0 Å². The third-order valence-electron chi connectivity index (χ3n) is 3.62. The van der Waals surface area contributed by atoms with Gasteiger partial charge in [-0.05, 0) is 51.7 Å². The minimum absolute atomic E-state index is 0.0478. The predicted molar refractivity (Wildman–Crippen MR) is 89.2 cm³/mol. The first-order chi connectivity index (χ1) is 10.9. The average molecular weight is 379 g/mol. The van der Waals surface area contributed by atoms with Crippen molar-refractivity contribution in [3.05, 3.63) is 69.4 Å². The van der Waals surface area contributed by atoms with Crippen LogP contribution in [0.4, 0.5) is 4.39 Å². The van der Waals surface area contributed by atoms with Gasteiger partial charge in [0.2, 0.25) is 0 Å². The molecule has 0 fully saturated rings. The average Bonchev–Trinajstić information content (AvgIpc) is 2.55. The molecule has 2 aromatic carbocycles. The first kappa shape index (κ1) is 17.3. The summed E-state index contributed by atoms with van der Waals surface area (Å²) >= 11 is 3.27. The van der Waals surface area contributed by atoms with Crippen molar-refractivity contribution in [2.45, 2.75) is 19.3 Å². The Hall–Kier alpha value is -2.01. The smallest absolute Gasteiger partial charge is 0.339 e. The fraction of sp³-hybridized carbons (Fsp3) is 0.222. The van der Waals surface area contributed by atoms with Crippen molar-refractivity contribution in [3.8, 4) is 0 Å². The van der Waals surface area contributed by atoms with Crippen LogP contribution in [0.15, 0.2) is 46.9 Å². The van der Waals surface area contributed by atoms with Crippen molar-refractivity contribution in [2.24, 2.45) is 0 Å². The summed E-state index contributed by atoms with van der Waals surface area (Å²) in [4.78, 5) is 24.1. The molecule has 23 heavy (non-hydrogen) atoms. The Balaban J connectivity index is 2.17. The van der Waals surface area contributed by atoms with Crippen LogP contribution in [0.25, 0.3) is 0 Å². The second-order valence-electron chi connectivity index (χ2n) is 5.27. The molecule has 0 bridgehead atoms. The molecule has 0 heterocycles. The van der Waals surface area contributed by atoms with Gasteiger partial charge in [-0.2, -0.15) is 0 Å². The van der Waals surface area contributed by atoms with E-state index in [9.17, 15) is 14.0 Å². The Morgan fingerprint density at radius 1 is 1.17 bits per heavy atom. The summed E-state index contributed by atoms with van der Waals surface area (Å²) in [6.07, 6.45) is 0.272. The highest BCUT2D eigenvalue weighted by Crippen LogP contribution is 2.24. The van der Waals surface area contributed by atoms with E-state index in [4.69, 9.17) is 4.74 Å². The number of carbonyl (C=O) groups excluding carboxylic acids is 2. The maximum absolute atomic E-state index is 13.0. The van der Waals surface area contributed by atoms with E-state index in [0.717, 1.165) is 5.56 Å². The van der Waals surface area contributed by atoms with E-state index in [1.807, 2.05) is 6.92 Å². The standard InChI is InChI=1S/C18H16BrFO3/c1-11(12-3-6-14(20)7-4-12)9-17(21)13-5-8-16(19)15(10-13)18(22)23-2/h3-8,10-11H,9H2,1-2H3/t11-/m0/s1. The summed E-state index contributed by atoms with van der Waals surface area (Å²) < 4.78 is 18.2. The highest BCUT2D eigenvalue weighted by atomic mass is 79.9. The summed E-state index contributed by atoms with van der Waals surface area (Å²) in [5.74, 6) is -0.936. The van der Waals surface area contributed by atoms with Crippen molar-refractivity contribution >= 4 is 27.7 Å². The van der Waals surface area contributed by atoms with Gasteiger partial charge in [0.25, 0.3) is 0 Å². The molecule has 0 saturated heterocycles. The zero-order valence-electron chi connectivity index (χ0n) is 12.8. The van der Waals surface area contributed by atoms with Crippen molar-refractivity contribution < 1.29 is 18.7 Å². The summed E-state index contributed by atoms with van der Waals surface area (Å²) in [5, 5.41) is 0. The third-order valence-corrected chi connectivity index (χ3v) is 4.32. The molecule has 0 spiro atoms. The number of hydrogen-bond acceptors (Lipinski definition) is 3. The summed E-state index contributed by atoms with van der Waals surface area (Å²) in [7, 11) is 1.29. The van der Waals surface area contributed by atoms with E-state index in [2.05, 4.69) is 15.9 Å². The first-order valence-corrected chi connectivity index (χ1v) is 7.88. The SMILES string of the molecule is COC(=O)c1cc(C(=O)C[C@H](C)c2ccc(F)cc2)ccc1Br. The maximum atomic E-state index is 13.0. The third kappa shape index (κ3) is 4.26. The maximum Gasteiger partial charge on any atom is 0.339 e. The predicted octanol–water partition coefficient (Wildman–Crippen LogP) is 4.75. The molecule has 0 N–H and O–H groups in total. The number of methoxy groups -OCH3 is 1. The molecule has 0 saturated carbocycles. The first-order valence-electron chi connectivity index (χ1n) is 7.09. The minimum Gasteiger partial charge on any atom is -0.465 e. The molecule has 1 atom stereocenters. The topological polar surface area (TPSA) is 43.4 Å². The number of hydrogen-bond donors (Lipinski definition) is 0. The van der Waals surface area contributed by atoms with Gasteiger partial charge in [-0.1, -0.05) is 25.1 Å². The van der Waals surface area contributed by atoms with Gasteiger partial charge >= 0.3 is 5.97 Å². The Morgan fingerprint density at radius 2 is 1.83 bits per heavy atom. The van der Waals surface area contributed by atoms with Gasteiger partial charge in [-0.25, -0.2) is 9.18 Å². The van der Waals surface area contributed by atoms with Crippen molar-refractivity contribution in [3.63, 3.8) is 0 Å². The quantitative estimate of drug-likeness (QED) is 0.556. The molecule has 0 amide bonds. The lowest BCUT2D eigenvalue weighted by Gasteiger charge is -2.12. The molecule has 0 unspecified atom stereocenters. The molecular weight excluding hydrogens is 363 g/mol. The minimum atomic E-state index is -0.502. The second-order valence-corrected chi connectivity index (χ2v) is 6.12. The van der Waals surface area contributed by atoms with Gasteiger partial charge in [-0.15, -0.1) is 0 Å². The fourth-order valence-corrected chi connectivity index (χ4v) is 2.68. The molecule has 0 aliphatic rings. The van der Waals surface area contributed by atoms with Gasteiger partial charge < -0.3 is 4.74 Å². The molecule has 0 aromatic heterocycles. The lowest BCUT2D eigenvalue weighted by molar-refractivity contribution is 0.0599. The van der Waals surface area contributed by atoms with Gasteiger partial charge in [0.05, 0.1) is 12.7 Å². The molecular formula is C18H16BrFO3. The van der Waals surface area contributed by atoms with Crippen LogP contribution in [0.1, 0.15) is 45.5 Å². The number of benzene rings is 2. The molecule has 0 aliphatic carbocycles. The zero-order valence-corrected chi connectivity index (χ0v) is 14.4. The van der Waals surface area contributed by atoms with Crippen LogP contribution in [-0.2, 0) is 4.74 Å². The second kappa shape index (κ2) is 7.51. The summed E-state index contributed by atoms with van der Waals surface area (Å²) in [5.41, 5.74) is 1.65. The molecule has 5 heteroatoms. The van der Waals surface area contributed by atoms with Crippen molar-refractivity contribution in [1.29, 1.82) is 0 Å². The number of ether oxygens (including phenoxy) is 1. The van der Waals surface area contributed by atoms with Gasteiger partial charge in [-0.3, -0.25) is 4.79 Å². The van der Waals surface area contributed by atoms with E-state index in [-0.39, 0.29) is 23.9 Å². The van der Waals surface area contributed by atoms with Crippen molar-refractivity contribution in [1.82, 2.24) is 0 Å². The van der Waals surface area contributed by atoms with Crippen LogP contribution in [0.2, 0.25) is 0 Å². The van der Waals surface area contributed by atoms with Crippen LogP contribution in [-0.4, -0.2) is 18.9 Å². The number of esters is 1. The van der Waals surface area contributed by atoms with E-state index in [0.29, 0.717) is 15.6 Å². The Bertz CT molecular complexity index is 726. The lowest BCUT2D eigenvalue weighted by atomic mass is 9.93. The van der Waals surface area contributed by atoms with Gasteiger partial charge in [0, 0.05) is 16.5 Å². The summed E-state index contributed by atoms with van der Waals surface area (Å²) in [6, 6.07) is 11.0. The van der Waals surface area contributed by atoms with Crippen LogP contribution in [0.3, 0.4) is 0 Å². The highest BCUT2D eigenvalue weighted by molar-refractivity contribution is 9.10. The van der Waals surface area contributed by atoms with Crippen LogP contribution in [0, 0.1) is 5.82 Å². The van der Waals surface area contributed by atoms with Gasteiger partial charge in [0.1, 0.15) is 5.82 Å². The number of ketones is 1. The monoisotopic (exact) mass is 378 g/mol. The zero-order chi connectivity index (χ0) is 17.0. The van der Waals surface area contributed by atoms with E-state index >= 15 is 0 Å². The van der Waals surface area contributed by atoms with Crippen molar-refractivity contribution in [2.75, 3.05) is 7.11 Å². The number of Topliss-reactive ketones (excluding diaryl/α,β-unsaturated/α-hetero) is 1. The molecule has 0 aliphatic heterocycles. The van der Waals surface area contributed by atoms with Crippen LogP contribution in [0.5, 0.6) is 0 Å². The molecule has 2 rings (SSSR count). The molecule has 120 valence electrons. The highest BCUT2D eigenvalue weighted by Gasteiger charge is 2.17.